The molecule has 1 amide bonds. The Hall–Kier alpha value is -1.30. The molecule has 0 saturated carbocycles. The number of carbonyl (C=O) groups excluding carboxylic acids is 1. The van der Waals surface area contributed by atoms with Crippen LogP contribution in [0.3, 0.4) is 0 Å². The third-order valence-corrected chi connectivity index (χ3v) is 3.54. The fourth-order valence-corrected chi connectivity index (χ4v) is 2.26. The van der Waals surface area contributed by atoms with E-state index in [9.17, 15) is 4.79 Å². The maximum atomic E-state index is 11.9. The number of nitrogens with one attached hydrogen (secondary N) is 2. The predicted molar refractivity (Wildman–Crippen MR) is 89.9 cm³/mol. The average molecular weight is 329 g/mol. The molecule has 5 nitrogen and oxygen atoms in total. The number of carbonyl (C=O) groups is 1. The molecule has 2 atom stereocenters. The molecular formula is C16H25ClN2O3. The maximum Gasteiger partial charge on any atom is 0.228 e. The summed E-state index contributed by atoms with van der Waals surface area (Å²) < 4.78 is 11.2. The van der Waals surface area contributed by atoms with Crippen molar-refractivity contribution in [2.75, 3.05) is 32.1 Å². The number of rotatable bonds is 7. The van der Waals surface area contributed by atoms with E-state index < -0.39 is 0 Å². The van der Waals surface area contributed by atoms with Crippen LogP contribution in [-0.4, -0.2) is 38.8 Å². The lowest BCUT2D eigenvalue weighted by molar-refractivity contribution is -0.119. The van der Waals surface area contributed by atoms with Crippen LogP contribution in [0, 0.1) is 5.92 Å². The zero-order valence-corrected chi connectivity index (χ0v) is 13.9. The molecule has 2 unspecified atom stereocenters. The van der Waals surface area contributed by atoms with Gasteiger partial charge in [-0.1, -0.05) is 6.92 Å². The number of hydrogen-bond donors (Lipinski definition) is 2. The lowest BCUT2D eigenvalue weighted by atomic mass is 10.1. The van der Waals surface area contributed by atoms with E-state index in [0.717, 1.165) is 30.9 Å². The third-order valence-electron chi connectivity index (χ3n) is 3.54. The number of anilines is 1. The number of amides is 1. The van der Waals surface area contributed by atoms with E-state index in [1.807, 2.05) is 38.2 Å². The van der Waals surface area contributed by atoms with Gasteiger partial charge in [-0.05, 0) is 44.2 Å². The van der Waals surface area contributed by atoms with E-state index in [1.54, 1.807) is 0 Å². The van der Waals surface area contributed by atoms with Crippen LogP contribution in [-0.2, 0) is 9.53 Å². The first-order chi connectivity index (χ1) is 10.2. The molecule has 2 rings (SSSR count). The Balaban J connectivity index is 0.00000242. The second kappa shape index (κ2) is 9.66. The highest BCUT2D eigenvalue weighted by Gasteiger charge is 2.16. The molecule has 1 aliphatic heterocycles. The van der Waals surface area contributed by atoms with Crippen molar-refractivity contribution < 1.29 is 14.3 Å². The summed E-state index contributed by atoms with van der Waals surface area (Å²) in [5.74, 6) is 0.745. The van der Waals surface area contributed by atoms with Gasteiger partial charge in [0, 0.05) is 24.8 Å². The first kappa shape index (κ1) is 18.7. The maximum absolute atomic E-state index is 11.9. The van der Waals surface area contributed by atoms with Crippen molar-refractivity contribution in [2.45, 2.75) is 25.9 Å². The summed E-state index contributed by atoms with van der Waals surface area (Å²) >= 11 is 0. The molecule has 0 aromatic heterocycles. The summed E-state index contributed by atoms with van der Waals surface area (Å²) in [5.41, 5.74) is 0.785. The van der Waals surface area contributed by atoms with Gasteiger partial charge in [0.1, 0.15) is 12.4 Å². The normalized spacial score (nSPS) is 18.4. The van der Waals surface area contributed by atoms with Crippen LogP contribution < -0.4 is 15.4 Å². The minimum absolute atomic E-state index is 0. The molecule has 1 aromatic rings. The minimum atomic E-state index is -0.0644. The van der Waals surface area contributed by atoms with Crippen LogP contribution in [0.4, 0.5) is 5.69 Å². The average Bonchev–Trinajstić information content (AvgIpc) is 3.00. The summed E-state index contributed by atoms with van der Waals surface area (Å²) in [6.07, 6.45) is 2.40. The molecule has 1 aliphatic rings. The topological polar surface area (TPSA) is 59.6 Å². The molecule has 2 N–H and O–H groups in total. The predicted octanol–water partition coefficient (Wildman–Crippen LogP) is 2.46. The quantitative estimate of drug-likeness (QED) is 0.807. The van der Waals surface area contributed by atoms with Crippen LogP contribution in [0.5, 0.6) is 5.75 Å². The molecule has 0 bridgehead atoms. The molecule has 0 radical (unpaired) electrons. The van der Waals surface area contributed by atoms with Crippen molar-refractivity contribution in [1.29, 1.82) is 0 Å². The molecule has 1 aromatic carbocycles. The Morgan fingerprint density at radius 3 is 2.73 bits per heavy atom. The summed E-state index contributed by atoms with van der Waals surface area (Å²) in [6.45, 7) is 3.98. The van der Waals surface area contributed by atoms with Crippen LogP contribution in [0.25, 0.3) is 0 Å². The smallest absolute Gasteiger partial charge is 0.228 e. The third kappa shape index (κ3) is 5.83. The summed E-state index contributed by atoms with van der Waals surface area (Å²) in [7, 11) is 1.84. The van der Waals surface area contributed by atoms with Crippen LogP contribution in [0.1, 0.15) is 19.8 Å². The molecule has 0 spiro atoms. The lowest BCUT2D eigenvalue weighted by Gasteiger charge is -2.13. The second-order valence-electron chi connectivity index (χ2n) is 5.42. The van der Waals surface area contributed by atoms with Crippen molar-refractivity contribution in [2.24, 2.45) is 5.92 Å². The minimum Gasteiger partial charge on any atom is -0.491 e. The highest BCUT2D eigenvalue weighted by Crippen LogP contribution is 2.18. The van der Waals surface area contributed by atoms with Crippen molar-refractivity contribution in [3.8, 4) is 5.75 Å². The van der Waals surface area contributed by atoms with Gasteiger partial charge in [-0.15, -0.1) is 12.4 Å². The van der Waals surface area contributed by atoms with Crippen LogP contribution >= 0.6 is 12.4 Å². The van der Waals surface area contributed by atoms with Crippen molar-refractivity contribution in [1.82, 2.24) is 5.32 Å². The van der Waals surface area contributed by atoms with Gasteiger partial charge in [0.25, 0.3) is 0 Å². The Kier molecular flexibility index (Phi) is 8.24. The fraction of sp³-hybridized carbons (Fsp3) is 0.562. The molecule has 1 heterocycles. The number of ether oxygens (including phenoxy) is 2. The Morgan fingerprint density at radius 1 is 1.41 bits per heavy atom. The number of benzene rings is 1. The molecule has 0 aliphatic carbocycles. The molecule has 124 valence electrons. The molecule has 22 heavy (non-hydrogen) atoms. The first-order valence-electron chi connectivity index (χ1n) is 7.49. The van der Waals surface area contributed by atoms with Gasteiger partial charge in [-0.3, -0.25) is 4.79 Å². The molecule has 6 heteroatoms. The van der Waals surface area contributed by atoms with E-state index in [0.29, 0.717) is 13.2 Å². The lowest BCUT2D eigenvalue weighted by Crippen LogP contribution is -2.28. The largest absolute Gasteiger partial charge is 0.491 e. The van der Waals surface area contributed by atoms with E-state index >= 15 is 0 Å². The SMILES string of the molecule is CNCC(C)C(=O)Nc1ccc(OCC2CCCO2)cc1.Cl. The molecule has 1 fully saturated rings. The summed E-state index contributed by atoms with van der Waals surface area (Å²) in [5, 5.41) is 5.89. The van der Waals surface area contributed by atoms with Gasteiger partial charge in [0.15, 0.2) is 0 Å². The van der Waals surface area contributed by atoms with Crippen molar-refractivity contribution >= 4 is 24.0 Å². The van der Waals surface area contributed by atoms with E-state index in [1.165, 1.54) is 0 Å². The molecule has 1 saturated heterocycles. The number of hydrogen-bond acceptors (Lipinski definition) is 4. The van der Waals surface area contributed by atoms with Gasteiger partial charge >= 0.3 is 0 Å². The van der Waals surface area contributed by atoms with E-state index in [4.69, 9.17) is 9.47 Å². The van der Waals surface area contributed by atoms with Crippen molar-refractivity contribution in [3.05, 3.63) is 24.3 Å². The summed E-state index contributed by atoms with van der Waals surface area (Å²) in [4.78, 5) is 11.9. The van der Waals surface area contributed by atoms with Gasteiger partial charge in [0.2, 0.25) is 5.91 Å². The van der Waals surface area contributed by atoms with Gasteiger partial charge in [0.05, 0.1) is 6.10 Å². The highest BCUT2D eigenvalue weighted by molar-refractivity contribution is 5.92. The summed E-state index contributed by atoms with van der Waals surface area (Å²) in [6, 6.07) is 7.45. The standard InChI is InChI=1S/C16H24N2O3.ClH/c1-12(10-17-2)16(19)18-13-5-7-14(8-6-13)21-11-15-4-3-9-20-15;/h5-8,12,15,17H,3-4,9-11H2,1-2H3,(H,18,19);1H. The van der Waals surface area contributed by atoms with Crippen LogP contribution in [0.2, 0.25) is 0 Å². The van der Waals surface area contributed by atoms with Crippen molar-refractivity contribution in [3.63, 3.8) is 0 Å². The Morgan fingerprint density at radius 2 is 2.14 bits per heavy atom. The Bertz CT molecular complexity index is 447. The first-order valence-corrected chi connectivity index (χ1v) is 7.49. The highest BCUT2D eigenvalue weighted by atomic mass is 35.5. The molecular weight excluding hydrogens is 304 g/mol. The number of halogens is 1. The zero-order valence-electron chi connectivity index (χ0n) is 13.1. The van der Waals surface area contributed by atoms with Gasteiger partial charge < -0.3 is 20.1 Å². The van der Waals surface area contributed by atoms with Gasteiger partial charge in [-0.25, -0.2) is 0 Å². The second-order valence-corrected chi connectivity index (χ2v) is 5.42. The van der Waals surface area contributed by atoms with Crippen LogP contribution in [0.15, 0.2) is 24.3 Å². The fourth-order valence-electron chi connectivity index (χ4n) is 2.26. The monoisotopic (exact) mass is 328 g/mol. The van der Waals surface area contributed by atoms with Gasteiger partial charge in [-0.2, -0.15) is 0 Å². The van der Waals surface area contributed by atoms with E-state index in [2.05, 4.69) is 10.6 Å². The Labute approximate surface area is 138 Å². The van der Waals surface area contributed by atoms with E-state index in [-0.39, 0.29) is 30.3 Å². The zero-order chi connectivity index (χ0) is 15.1.